The first-order valence-corrected chi connectivity index (χ1v) is 8.43. The van der Waals surface area contributed by atoms with E-state index in [2.05, 4.69) is 16.0 Å². The Labute approximate surface area is 129 Å². The minimum atomic E-state index is -0.0370. The Balaban J connectivity index is 1.47. The lowest BCUT2D eigenvalue weighted by molar-refractivity contribution is -0.121. The average Bonchev–Trinajstić information content (AvgIpc) is 3.17. The van der Waals surface area contributed by atoms with Gasteiger partial charge in [0, 0.05) is 19.5 Å². The highest BCUT2D eigenvalue weighted by Crippen LogP contribution is 2.13. The summed E-state index contributed by atoms with van der Waals surface area (Å²) in [4.78, 5) is 24.1. The summed E-state index contributed by atoms with van der Waals surface area (Å²) in [6.07, 6.45) is 3.51. The van der Waals surface area contributed by atoms with E-state index in [9.17, 15) is 9.59 Å². The molecular formula is C15H23N3O2S. The normalized spacial score (nSPS) is 17.6. The van der Waals surface area contributed by atoms with Crippen LogP contribution in [0.15, 0.2) is 17.5 Å². The summed E-state index contributed by atoms with van der Waals surface area (Å²) in [7, 11) is 0. The van der Waals surface area contributed by atoms with Gasteiger partial charge in [0.15, 0.2) is 0 Å². The summed E-state index contributed by atoms with van der Waals surface area (Å²) in [6, 6.07) is 3.67. The Kier molecular flexibility index (Phi) is 6.69. The number of thiophene rings is 1. The Bertz CT molecular complexity index is 442. The van der Waals surface area contributed by atoms with E-state index >= 15 is 0 Å². The van der Waals surface area contributed by atoms with Crippen LogP contribution in [-0.4, -0.2) is 38.0 Å². The molecule has 0 aliphatic carbocycles. The van der Waals surface area contributed by atoms with Gasteiger partial charge in [-0.1, -0.05) is 6.07 Å². The summed E-state index contributed by atoms with van der Waals surface area (Å²) >= 11 is 1.43. The number of carbonyl (C=O) groups excluding carboxylic acids is 2. The highest BCUT2D eigenvalue weighted by molar-refractivity contribution is 7.12. The molecule has 0 radical (unpaired) electrons. The largest absolute Gasteiger partial charge is 0.356 e. The maximum Gasteiger partial charge on any atom is 0.261 e. The molecule has 1 aliphatic rings. The second-order valence-corrected chi connectivity index (χ2v) is 6.28. The lowest BCUT2D eigenvalue weighted by Crippen LogP contribution is -2.29. The van der Waals surface area contributed by atoms with Crippen LogP contribution in [0.25, 0.3) is 0 Å². The second kappa shape index (κ2) is 8.79. The Hall–Kier alpha value is -1.40. The first kappa shape index (κ1) is 16.0. The molecule has 116 valence electrons. The fourth-order valence-electron chi connectivity index (χ4n) is 2.40. The molecule has 0 spiro atoms. The van der Waals surface area contributed by atoms with E-state index in [0.29, 0.717) is 25.4 Å². The van der Waals surface area contributed by atoms with Crippen LogP contribution in [0.4, 0.5) is 0 Å². The van der Waals surface area contributed by atoms with Gasteiger partial charge in [-0.2, -0.15) is 0 Å². The summed E-state index contributed by atoms with van der Waals surface area (Å²) < 4.78 is 0. The molecule has 21 heavy (non-hydrogen) atoms. The third kappa shape index (κ3) is 5.85. The minimum Gasteiger partial charge on any atom is -0.356 e. The minimum absolute atomic E-state index is 0.0370. The third-order valence-corrected chi connectivity index (χ3v) is 4.52. The third-order valence-electron chi connectivity index (χ3n) is 3.65. The average molecular weight is 309 g/mol. The molecule has 5 nitrogen and oxygen atoms in total. The molecule has 2 heterocycles. The van der Waals surface area contributed by atoms with Crippen molar-refractivity contribution in [2.45, 2.75) is 25.7 Å². The van der Waals surface area contributed by atoms with Crippen LogP contribution >= 0.6 is 11.3 Å². The molecule has 1 atom stereocenters. The molecule has 2 rings (SSSR count). The van der Waals surface area contributed by atoms with Gasteiger partial charge in [0.05, 0.1) is 4.88 Å². The highest BCUT2D eigenvalue weighted by Gasteiger charge is 2.15. The van der Waals surface area contributed by atoms with Gasteiger partial charge in [-0.15, -0.1) is 11.3 Å². The zero-order valence-electron chi connectivity index (χ0n) is 12.2. The SMILES string of the molecule is O=C(CCC1CCNC1)NCCCNC(=O)c1cccs1. The van der Waals surface area contributed by atoms with Crippen molar-refractivity contribution in [1.82, 2.24) is 16.0 Å². The smallest absolute Gasteiger partial charge is 0.261 e. The molecule has 0 saturated carbocycles. The van der Waals surface area contributed by atoms with Gasteiger partial charge in [0.25, 0.3) is 5.91 Å². The number of rotatable bonds is 8. The zero-order valence-corrected chi connectivity index (χ0v) is 13.0. The van der Waals surface area contributed by atoms with E-state index in [1.807, 2.05) is 11.4 Å². The fourth-order valence-corrected chi connectivity index (χ4v) is 3.04. The first-order chi connectivity index (χ1) is 10.3. The Morgan fingerprint density at radius 3 is 2.90 bits per heavy atom. The van der Waals surface area contributed by atoms with E-state index in [-0.39, 0.29) is 11.8 Å². The van der Waals surface area contributed by atoms with Crippen LogP contribution in [-0.2, 0) is 4.79 Å². The molecule has 6 heteroatoms. The van der Waals surface area contributed by atoms with Crippen LogP contribution in [0.5, 0.6) is 0 Å². The second-order valence-electron chi connectivity index (χ2n) is 5.33. The Morgan fingerprint density at radius 2 is 2.19 bits per heavy atom. The van der Waals surface area contributed by atoms with Gasteiger partial charge < -0.3 is 16.0 Å². The van der Waals surface area contributed by atoms with E-state index in [1.165, 1.54) is 17.8 Å². The number of hydrogen-bond acceptors (Lipinski definition) is 4. The van der Waals surface area contributed by atoms with Crippen LogP contribution < -0.4 is 16.0 Å². The molecule has 1 unspecified atom stereocenters. The van der Waals surface area contributed by atoms with Crippen molar-refractivity contribution in [3.63, 3.8) is 0 Å². The predicted octanol–water partition coefficient (Wildman–Crippen LogP) is 1.37. The molecule has 1 aliphatic heterocycles. The highest BCUT2D eigenvalue weighted by atomic mass is 32.1. The molecule has 1 fully saturated rings. The lowest BCUT2D eigenvalue weighted by atomic mass is 10.0. The van der Waals surface area contributed by atoms with Crippen LogP contribution in [0.1, 0.15) is 35.4 Å². The predicted molar refractivity (Wildman–Crippen MR) is 84.5 cm³/mol. The maximum atomic E-state index is 11.7. The number of nitrogens with one attached hydrogen (secondary N) is 3. The quantitative estimate of drug-likeness (QED) is 0.635. The number of amides is 2. The molecule has 0 aromatic carbocycles. The molecule has 3 N–H and O–H groups in total. The van der Waals surface area contributed by atoms with Crippen molar-refractivity contribution in [3.05, 3.63) is 22.4 Å². The standard InChI is InChI=1S/C15H23N3O2S/c19-14(5-4-12-6-9-16-11-12)17-7-2-8-18-15(20)13-3-1-10-21-13/h1,3,10,12,16H,2,4-9,11H2,(H,17,19)(H,18,20). The van der Waals surface area contributed by atoms with Crippen molar-refractivity contribution >= 4 is 23.2 Å². The molecule has 1 aromatic heterocycles. The van der Waals surface area contributed by atoms with Gasteiger partial charge >= 0.3 is 0 Å². The van der Waals surface area contributed by atoms with Crippen molar-refractivity contribution in [1.29, 1.82) is 0 Å². The molecule has 2 amide bonds. The number of carbonyl (C=O) groups is 2. The van der Waals surface area contributed by atoms with Gasteiger partial charge in [-0.3, -0.25) is 9.59 Å². The van der Waals surface area contributed by atoms with E-state index in [1.54, 1.807) is 6.07 Å². The van der Waals surface area contributed by atoms with Crippen molar-refractivity contribution < 1.29 is 9.59 Å². The maximum absolute atomic E-state index is 11.7. The van der Waals surface area contributed by atoms with Gasteiger partial charge in [-0.25, -0.2) is 0 Å². The van der Waals surface area contributed by atoms with E-state index in [4.69, 9.17) is 0 Å². The molecule has 0 bridgehead atoms. The summed E-state index contributed by atoms with van der Waals surface area (Å²) in [5.41, 5.74) is 0. The summed E-state index contributed by atoms with van der Waals surface area (Å²) in [5.74, 6) is 0.734. The van der Waals surface area contributed by atoms with Crippen molar-refractivity contribution in [2.24, 2.45) is 5.92 Å². The van der Waals surface area contributed by atoms with Crippen molar-refractivity contribution in [3.8, 4) is 0 Å². The Morgan fingerprint density at radius 1 is 1.33 bits per heavy atom. The van der Waals surface area contributed by atoms with E-state index < -0.39 is 0 Å². The van der Waals surface area contributed by atoms with Crippen LogP contribution in [0, 0.1) is 5.92 Å². The zero-order chi connectivity index (χ0) is 14.9. The molecular weight excluding hydrogens is 286 g/mol. The van der Waals surface area contributed by atoms with Crippen molar-refractivity contribution in [2.75, 3.05) is 26.2 Å². The lowest BCUT2D eigenvalue weighted by Gasteiger charge is -2.09. The summed E-state index contributed by atoms with van der Waals surface area (Å²) in [6.45, 7) is 3.33. The van der Waals surface area contributed by atoms with Crippen LogP contribution in [0.3, 0.4) is 0 Å². The number of hydrogen-bond donors (Lipinski definition) is 3. The monoisotopic (exact) mass is 309 g/mol. The molecule has 1 saturated heterocycles. The van der Waals surface area contributed by atoms with Gasteiger partial charge in [0.2, 0.25) is 5.91 Å². The fraction of sp³-hybridized carbons (Fsp3) is 0.600. The first-order valence-electron chi connectivity index (χ1n) is 7.55. The topological polar surface area (TPSA) is 70.2 Å². The summed E-state index contributed by atoms with van der Waals surface area (Å²) in [5, 5.41) is 10.9. The molecule has 1 aromatic rings. The van der Waals surface area contributed by atoms with E-state index in [0.717, 1.165) is 30.8 Å². The van der Waals surface area contributed by atoms with Gasteiger partial charge in [-0.05, 0) is 49.7 Å². The van der Waals surface area contributed by atoms with Gasteiger partial charge in [0.1, 0.15) is 0 Å². The van der Waals surface area contributed by atoms with Crippen LogP contribution in [0.2, 0.25) is 0 Å².